The van der Waals surface area contributed by atoms with Gasteiger partial charge in [-0.2, -0.15) is 0 Å². The van der Waals surface area contributed by atoms with Crippen LogP contribution in [0.4, 0.5) is 0 Å². The Morgan fingerprint density at radius 2 is 1.70 bits per heavy atom. The van der Waals surface area contributed by atoms with Crippen molar-refractivity contribution in [1.82, 2.24) is 4.98 Å². The van der Waals surface area contributed by atoms with E-state index in [2.05, 4.69) is 11.1 Å². The molecule has 4 aromatic rings. The van der Waals surface area contributed by atoms with Gasteiger partial charge in [-0.1, -0.05) is 48.5 Å². The normalized spacial score (nSPS) is 12.2. The van der Waals surface area contributed by atoms with Crippen LogP contribution < -0.4 is 4.74 Å². The minimum Gasteiger partial charge on any atom is -0.481 e. The van der Waals surface area contributed by atoms with Crippen molar-refractivity contribution in [2.24, 2.45) is 0 Å². The summed E-state index contributed by atoms with van der Waals surface area (Å²) in [6, 6.07) is 23.6. The summed E-state index contributed by atoms with van der Waals surface area (Å²) < 4.78 is 5.85. The fourth-order valence-electron chi connectivity index (χ4n) is 3.10. The second-order valence-corrected chi connectivity index (χ2v) is 6.63. The smallest absolute Gasteiger partial charge is 0.310 e. The monoisotopic (exact) mass is 357 g/mol. The molecule has 4 heteroatoms. The molecule has 4 rings (SSSR count). The number of carbonyl (C=O) groups is 1. The van der Waals surface area contributed by atoms with Gasteiger partial charge >= 0.3 is 5.97 Å². The fraction of sp³-hybridized carbons (Fsp3) is 0.130. The molecule has 0 aliphatic carbocycles. The number of carboxylic acids is 1. The molecule has 0 saturated carbocycles. The molecule has 4 nitrogen and oxygen atoms in total. The number of fused-ring (bicyclic) bond motifs is 2. The molecular weight excluding hydrogens is 338 g/mol. The lowest BCUT2D eigenvalue weighted by Gasteiger charge is -2.10. The second-order valence-electron chi connectivity index (χ2n) is 6.63. The Bertz CT molecular complexity index is 1140. The number of hydrogen-bond donors (Lipinski definition) is 1. The molecule has 3 aromatic carbocycles. The molecule has 1 aromatic heterocycles. The van der Waals surface area contributed by atoms with Crippen molar-refractivity contribution in [3.63, 3.8) is 0 Å². The van der Waals surface area contributed by atoms with Gasteiger partial charge in [0.25, 0.3) is 0 Å². The van der Waals surface area contributed by atoms with E-state index in [1.54, 1.807) is 6.92 Å². The van der Waals surface area contributed by atoms with Crippen molar-refractivity contribution >= 4 is 27.6 Å². The van der Waals surface area contributed by atoms with Crippen molar-refractivity contribution in [2.75, 3.05) is 0 Å². The highest BCUT2D eigenvalue weighted by Gasteiger charge is 2.13. The molecule has 0 spiro atoms. The molecule has 1 atom stereocenters. The first-order chi connectivity index (χ1) is 13.1. The van der Waals surface area contributed by atoms with E-state index >= 15 is 0 Å². The third-order valence-electron chi connectivity index (χ3n) is 4.76. The van der Waals surface area contributed by atoms with E-state index in [-0.39, 0.29) is 0 Å². The Labute approximate surface area is 157 Å². The van der Waals surface area contributed by atoms with Gasteiger partial charge in [-0.15, -0.1) is 0 Å². The van der Waals surface area contributed by atoms with E-state index < -0.39 is 11.9 Å². The first-order valence-corrected chi connectivity index (χ1v) is 8.84. The number of aromatic nitrogens is 1. The molecule has 0 unspecified atom stereocenters. The summed E-state index contributed by atoms with van der Waals surface area (Å²) in [5.74, 6) is -0.738. The highest BCUT2D eigenvalue weighted by Crippen LogP contribution is 2.24. The van der Waals surface area contributed by atoms with Crippen LogP contribution in [0.5, 0.6) is 5.88 Å². The zero-order chi connectivity index (χ0) is 18.8. The summed E-state index contributed by atoms with van der Waals surface area (Å²) in [5, 5.41) is 12.3. The summed E-state index contributed by atoms with van der Waals surface area (Å²) >= 11 is 0. The number of hydrogen-bond acceptors (Lipinski definition) is 3. The number of para-hydroxylation sites is 1. The lowest BCUT2D eigenvalue weighted by atomic mass is 9.97. The van der Waals surface area contributed by atoms with Gasteiger partial charge in [0.1, 0.15) is 6.61 Å². The molecule has 1 N–H and O–H groups in total. The van der Waals surface area contributed by atoms with Crippen molar-refractivity contribution in [1.29, 1.82) is 0 Å². The summed E-state index contributed by atoms with van der Waals surface area (Å²) in [5.41, 5.74) is 2.75. The lowest BCUT2D eigenvalue weighted by Crippen LogP contribution is -2.07. The Hall–Kier alpha value is -3.40. The maximum absolute atomic E-state index is 11.2. The van der Waals surface area contributed by atoms with Crippen LogP contribution in [-0.4, -0.2) is 16.1 Å². The fourth-order valence-corrected chi connectivity index (χ4v) is 3.10. The largest absolute Gasteiger partial charge is 0.481 e. The van der Waals surface area contributed by atoms with E-state index in [4.69, 9.17) is 4.74 Å². The number of benzene rings is 3. The van der Waals surface area contributed by atoms with Crippen LogP contribution in [0.2, 0.25) is 0 Å². The summed E-state index contributed by atoms with van der Waals surface area (Å²) in [4.78, 5) is 15.7. The number of carboxylic acid groups (broad SMARTS) is 1. The van der Waals surface area contributed by atoms with Gasteiger partial charge in [0.15, 0.2) is 0 Å². The average Bonchev–Trinajstić information content (AvgIpc) is 2.71. The van der Waals surface area contributed by atoms with E-state index in [9.17, 15) is 9.90 Å². The lowest BCUT2D eigenvalue weighted by molar-refractivity contribution is -0.138. The highest BCUT2D eigenvalue weighted by atomic mass is 16.5. The van der Waals surface area contributed by atoms with Crippen LogP contribution in [-0.2, 0) is 11.4 Å². The van der Waals surface area contributed by atoms with E-state index in [1.165, 1.54) is 0 Å². The van der Waals surface area contributed by atoms with Crippen molar-refractivity contribution in [3.8, 4) is 5.88 Å². The maximum atomic E-state index is 11.2. The first-order valence-electron chi connectivity index (χ1n) is 8.84. The molecule has 134 valence electrons. The molecule has 0 saturated heterocycles. The minimum absolute atomic E-state index is 0.425. The third kappa shape index (κ3) is 3.60. The predicted octanol–water partition coefficient (Wildman–Crippen LogP) is 5.16. The van der Waals surface area contributed by atoms with Crippen LogP contribution in [0.1, 0.15) is 24.0 Å². The molecule has 0 amide bonds. The number of rotatable bonds is 5. The number of pyridine rings is 1. The summed E-state index contributed by atoms with van der Waals surface area (Å²) in [6.07, 6.45) is 0. The average molecular weight is 357 g/mol. The molecule has 27 heavy (non-hydrogen) atoms. The summed E-state index contributed by atoms with van der Waals surface area (Å²) in [7, 11) is 0. The van der Waals surface area contributed by atoms with Gasteiger partial charge in [-0.3, -0.25) is 4.79 Å². The van der Waals surface area contributed by atoms with Crippen LogP contribution in [0.25, 0.3) is 21.7 Å². The van der Waals surface area contributed by atoms with Gasteiger partial charge in [0.2, 0.25) is 5.88 Å². The van der Waals surface area contributed by atoms with Crippen molar-refractivity contribution in [2.45, 2.75) is 19.4 Å². The zero-order valence-corrected chi connectivity index (χ0v) is 14.9. The molecule has 0 aliphatic rings. The maximum Gasteiger partial charge on any atom is 0.310 e. The van der Waals surface area contributed by atoms with Crippen LogP contribution in [0, 0.1) is 0 Å². The Morgan fingerprint density at radius 1 is 0.963 bits per heavy atom. The van der Waals surface area contributed by atoms with E-state index in [1.807, 2.05) is 66.7 Å². The van der Waals surface area contributed by atoms with Crippen LogP contribution in [0.3, 0.4) is 0 Å². The molecular formula is C23H19NO3. The Balaban J connectivity index is 1.53. The van der Waals surface area contributed by atoms with Crippen LogP contribution in [0.15, 0.2) is 72.8 Å². The van der Waals surface area contributed by atoms with Gasteiger partial charge in [0, 0.05) is 11.5 Å². The first kappa shape index (κ1) is 17.0. The molecule has 0 radical (unpaired) electrons. The SMILES string of the molecule is C[C@H](C(=O)O)c1ccc2cc(COc3ccc4ccccc4n3)ccc2c1. The molecule has 0 bridgehead atoms. The topological polar surface area (TPSA) is 59.4 Å². The van der Waals surface area contributed by atoms with Gasteiger partial charge in [-0.05, 0) is 47.0 Å². The molecule has 1 heterocycles. The van der Waals surface area contributed by atoms with Gasteiger partial charge in [0.05, 0.1) is 11.4 Å². The van der Waals surface area contributed by atoms with Crippen molar-refractivity contribution in [3.05, 3.63) is 83.9 Å². The number of aliphatic carboxylic acids is 1. The van der Waals surface area contributed by atoms with E-state index in [0.717, 1.165) is 32.8 Å². The third-order valence-corrected chi connectivity index (χ3v) is 4.76. The van der Waals surface area contributed by atoms with E-state index in [0.29, 0.717) is 12.5 Å². The Kier molecular flexibility index (Phi) is 4.47. The van der Waals surface area contributed by atoms with Gasteiger partial charge in [-0.25, -0.2) is 4.98 Å². The quantitative estimate of drug-likeness (QED) is 0.536. The second kappa shape index (κ2) is 7.08. The molecule has 0 aliphatic heterocycles. The molecule has 0 fully saturated rings. The minimum atomic E-state index is -0.817. The van der Waals surface area contributed by atoms with Gasteiger partial charge < -0.3 is 9.84 Å². The number of ether oxygens (including phenoxy) is 1. The standard InChI is InChI=1S/C23H19NO3/c1-15(23(25)26)18-8-9-19-12-16(6-7-20(19)13-18)14-27-22-11-10-17-4-2-3-5-21(17)24-22/h2-13,15H,14H2,1H3,(H,25,26)/t15-/m0/s1. The highest BCUT2D eigenvalue weighted by molar-refractivity contribution is 5.86. The van der Waals surface area contributed by atoms with Crippen LogP contribution >= 0.6 is 0 Å². The Morgan fingerprint density at radius 3 is 2.56 bits per heavy atom. The predicted molar refractivity (Wildman–Crippen MR) is 106 cm³/mol. The summed E-state index contributed by atoms with van der Waals surface area (Å²) in [6.45, 7) is 2.12. The number of nitrogens with zero attached hydrogens (tertiary/aromatic N) is 1. The van der Waals surface area contributed by atoms with Crippen molar-refractivity contribution < 1.29 is 14.6 Å². The zero-order valence-electron chi connectivity index (χ0n) is 14.9.